The van der Waals surface area contributed by atoms with Crippen LogP contribution in [0, 0.1) is 5.41 Å². The number of hydrogen-bond donors (Lipinski definition) is 1. The van der Waals surface area contributed by atoms with Crippen molar-refractivity contribution in [3.8, 4) is 0 Å². The number of hydrogen-bond acceptors (Lipinski definition) is 8. The largest absolute Gasteiger partial charge is 0.465 e. The Morgan fingerprint density at radius 1 is 1.07 bits per heavy atom. The molecule has 1 atom stereocenters. The first-order chi connectivity index (χ1) is 13.3. The fourth-order valence-corrected chi connectivity index (χ4v) is 3.31. The van der Waals surface area contributed by atoms with Crippen molar-refractivity contribution >= 4 is 35.3 Å². The maximum absolute atomic E-state index is 13.5. The van der Waals surface area contributed by atoms with Crippen molar-refractivity contribution in [1.29, 1.82) is 0 Å². The number of ketones is 1. The Kier molecular flexibility index (Phi) is 7.15. The van der Waals surface area contributed by atoms with Gasteiger partial charge in [-0.2, -0.15) is 0 Å². The van der Waals surface area contributed by atoms with E-state index in [1.807, 2.05) is 0 Å². The van der Waals surface area contributed by atoms with Crippen LogP contribution in [0.15, 0.2) is 18.2 Å². The summed E-state index contributed by atoms with van der Waals surface area (Å²) in [5.41, 5.74) is -2.07. The summed E-state index contributed by atoms with van der Waals surface area (Å²) < 4.78 is 15.1. The van der Waals surface area contributed by atoms with Gasteiger partial charge < -0.3 is 14.2 Å². The number of halogens is 1. The fourth-order valence-electron chi connectivity index (χ4n) is 3.12. The van der Waals surface area contributed by atoms with Gasteiger partial charge in [0.05, 0.1) is 19.8 Å². The molecule has 0 amide bonds. The Bertz CT molecular complexity index is 774. The lowest BCUT2D eigenvalue weighted by Gasteiger charge is -2.32. The van der Waals surface area contributed by atoms with E-state index in [1.54, 1.807) is 6.92 Å². The highest BCUT2D eigenvalue weighted by molar-refractivity contribution is 6.32. The highest BCUT2D eigenvalue weighted by atomic mass is 35.5. The van der Waals surface area contributed by atoms with E-state index in [2.05, 4.69) is 5.32 Å². The van der Waals surface area contributed by atoms with E-state index >= 15 is 0 Å². The second-order valence-corrected chi connectivity index (χ2v) is 6.38. The standard InChI is InChI=1S/C19H22ClNO7/c1-4-26-16(23)14-19(17(24)27-5-2,18(25)28-6-3)15(22)13-8-7-12(20)9-11(13)10-21-14/h7-9,14,21H,4-6,10H2,1-3H3. The van der Waals surface area contributed by atoms with Gasteiger partial charge in [-0.15, -0.1) is 0 Å². The molecule has 0 fully saturated rings. The Hall–Kier alpha value is -2.45. The number of rotatable bonds is 6. The average molecular weight is 412 g/mol. The van der Waals surface area contributed by atoms with E-state index in [1.165, 1.54) is 32.0 Å². The third-order valence-corrected chi connectivity index (χ3v) is 4.55. The molecule has 1 aromatic carbocycles. The molecule has 0 spiro atoms. The summed E-state index contributed by atoms with van der Waals surface area (Å²) in [4.78, 5) is 52.2. The number of fused-ring (bicyclic) bond motifs is 1. The number of carbonyl (C=O) groups excluding carboxylic acids is 4. The quantitative estimate of drug-likeness (QED) is 0.428. The molecule has 9 heteroatoms. The van der Waals surface area contributed by atoms with Gasteiger partial charge in [0.15, 0.2) is 5.78 Å². The van der Waals surface area contributed by atoms with Gasteiger partial charge in [-0.05, 0) is 44.5 Å². The molecule has 0 aromatic heterocycles. The number of benzene rings is 1. The maximum Gasteiger partial charge on any atom is 0.333 e. The summed E-state index contributed by atoms with van der Waals surface area (Å²) in [5, 5.41) is 3.16. The first kappa shape index (κ1) is 21.8. The van der Waals surface area contributed by atoms with Gasteiger partial charge in [-0.1, -0.05) is 11.6 Å². The van der Waals surface area contributed by atoms with Crippen molar-refractivity contribution < 1.29 is 33.4 Å². The van der Waals surface area contributed by atoms with Crippen LogP contribution in [0.25, 0.3) is 0 Å². The van der Waals surface area contributed by atoms with Crippen LogP contribution in [-0.2, 0) is 35.1 Å². The molecule has 0 aliphatic carbocycles. The fraction of sp³-hybridized carbons (Fsp3) is 0.474. The lowest BCUT2D eigenvalue weighted by Crippen LogP contribution is -2.63. The van der Waals surface area contributed by atoms with Gasteiger partial charge in [-0.3, -0.25) is 24.5 Å². The maximum atomic E-state index is 13.5. The summed E-state index contributed by atoms with van der Waals surface area (Å²) in [5.74, 6) is -4.19. The van der Waals surface area contributed by atoms with Gasteiger partial charge in [0.2, 0.25) is 0 Å². The van der Waals surface area contributed by atoms with Crippen molar-refractivity contribution in [2.75, 3.05) is 19.8 Å². The van der Waals surface area contributed by atoms with Crippen LogP contribution in [-0.4, -0.2) is 49.6 Å². The van der Waals surface area contributed by atoms with E-state index in [0.29, 0.717) is 10.6 Å². The van der Waals surface area contributed by atoms with Gasteiger partial charge in [0.1, 0.15) is 6.04 Å². The summed E-state index contributed by atoms with van der Waals surface area (Å²) in [6, 6.07) is 2.77. The predicted octanol–water partition coefficient (Wildman–Crippen LogP) is 1.67. The molecular formula is C19H22ClNO7. The Balaban J connectivity index is 2.77. The van der Waals surface area contributed by atoms with Crippen molar-refractivity contribution in [3.05, 3.63) is 34.3 Å². The summed E-state index contributed by atoms with van der Waals surface area (Å²) >= 11 is 6.01. The minimum Gasteiger partial charge on any atom is -0.465 e. The van der Waals surface area contributed by atoms with E-state index in [4.69, 9.17) is 25.8 Å². The molecule has 1 unspecified atom stereocenters. The molecule has 1 aliphatic heterocycles. The van der Waals surface area contributed by atoms with Gasteiger partial charge >= 0.3 is 17.9 Å². The zero-order valence-electron chi connectivity index (χ0n) is 15.9. The topological polar surface area (TPSA) is 108 Å². The molecule has 1 N–H and O–H groups in total. The number of nitrogens with one attached hydrogen (secondary N) is 1. The summed E-state index contributed by atoms with van der Waals surface area (Å²) in [7, 11) is 0. The third kappa shape index (κ3) is 3.74. The van der Waals surface area contributed by atoms with Gasteiger partial charge in [0, 0.05) is 17.1 Å². The minimum absolute atomic E-state index is 0.00563. The molecule has 28 heavy (non-hydrogen) atoms. The summed E-state index contributed by atoms with van der Waals surface area (Å²) in [6.45, 7) is 4.42. The highest BCUT2D eigenvalue weighted by Crippen LogP contribution is 2.36. The van der Waals surface area contributed by atoms with Crippen LogP contribution in [0.4, 0.5) is 0 Å². The molecular weight excluding hydrogens is 390 g/mol. The number of carbonyl (C=O) groups is 4. The molecule has 8 nitrogen and oxygen atoms in total. The van der Waals surface area contributed by atoms with Crippen LogP contribution in [0.1, 0.15) is 36.7 Å². The van der Waals surface area contributed by atoms with E-state index < -0.39 is 35.1 Å². The average Bonchev–Trinajstić information content (AvgIpc) is 2.77. The molecule has 1 aromatic rings. The zero-order valence-corrected chi connectivity index (χ0v) is 16.6. The second-order valence-electron chi connectivity index (χ2n) is 5.95. The molecule has 0 bridgehead atoms. The third-order valence-electron chi connectivity index (χ3n) is 4.32. The first-order valence-electron chi connectivity index (χ1n) is 8.92. The van der Waals surface area contributed by atoms with Crippen LogP contribution >= 0.6 is 11.6 Å². The van der Waals surface area contributed by atoms with Crippen LogP contribution in [0.5, 0.6) is 0 Å². The normalized spacial score (nSPS) is 17.9. The molecule has 152 valence electrons. The highest BCUT2D eigenvalue weighted by Gasteiger charge is 2.65. The zero-order chi connectivity index (χ0) is 20.9. The molecule has 0 saturated heterocycles. The van der Waals surface area contributed by atoms with Gasteiger partial charge in [0.25, 0.3) is 5.41 Å². The molecule has 2 rings (SSSR count). The lowest BCUT2D eigenvalue weighted by atomic mass is 9.74. The molecule has 1 heterocycles. The van der Waals surface area contributed by atoms with E-state index in [0.717, 1.165) is 0 Å². The Labute approximate surface area is 167 Å². The number of ether oxygens (including phenoxy) is 3. The van der Waals surface area contributed by atoms with Crippen molar-refractivity contribution in [2.45, 2.75) is 33.4 Å². The molecule has 0 saturated carbocycles. The molecule has 1 aliphatic rings. The van der Waals surface area contributed by atoms with E-state index in [-0.39, 0.29) is 31.9 Å². The molecule has 0 radical (unpaired) electrons. The van der Waals surface area contributed by atoms with Crippen LogP contribution in [0.3, 0.4) is 0 Å². The van der Waals surface area contributed by atoms with Crippen LogP contribution in [0.2, 0.25) is 5.02 Å². The smallest absolute Gasteiger partial charge is 0.333 e. The van der Waals surface area contributed by atoms with Gasteiger partial charge in [-0.25, -0.2) is 0 Å². The lowest BCUT2D eigenvalue weighted by molar-refractivity contribution is -0.175. The van der Waals surface area contributed by atoms with Crippen molar-refractivity contribution in [2.24, 2.45) is 5.41 Å². The second kappa shape index (κ2) is 9.16. The Morgan fingerprint density at radius 2 is 1.64 bits per heavy atom. The number of esters is 3. The van der Waals surface area contributed by atoms with E-state index in [9.17, 15) is 19.2 Å². The first-order valence-corrected chi connectivity index (χ1v) is 9.29. The predicted molar refractivity (Wildman–Crippen MR) is 98.7 cm³/mol. The Morgan fingerprint density at radius 3 is 2.18 bits per heavy atom. The van der Waals surface area contributed by atoms with Crippen molar-refractivity contribution in [3.63, 3.8) is 0 Å². The van der Waals surface area contributed by atoms with Crippen molar-refractivity contribution in [1.82, 2.24) is 5.32 Å². The monoisotopic (exact) mass is 411 g/mol. The summed E-state index contributed by atoms with van der Waals surface area (Å²) in [6.07, 6.45) is 0. The minimum atomic E-state index is -2.57. The SMILES string of the molecule is CCOC(=O)C1NCc2cc(Cl)ccc2C(=O)C1(C(=O)OCC)C(=O)OCC. The van der Waals surface area contributed by atoms with Crippen LogP contribution < -0.4 is 5.32 Å². The number of Topliss-reactive ketones (excluding diaryl/α,β-unsaturated/α-hetero) is 1.